The molecule has 1 saturated heterocycles. The number of morpholine rings is 1. The van der Waals surface area contributed by atoms with Gasteiger partial charge >= 0.3 is 0 Å². The normalized spacial score (nSPS) is 19.2. The Morgan fingerprint density at radius 1 is 1.38 bits per heavy atom. The molecule has 0 bridgehead atoms. The lowest BCUT2D eigenvalue weighted by Crippen LogP contribution is -2.53. The summed E-state index contributed by atoms with van der Waals surface area (Å²) in [4.78, 5) is 2.26. The molecule has 0 aliphatic carbocycles. The monoisotopic (exact) mass is 216 g/mol. The first-order chi connectivity index (χ1) is 7.65. The second kappa shape index (κ2) is 4.15. The number of benzene rings is 1. The maximum absolute atomic E-state index is 9.11. The van der Waals surface area contributed by atoms with Gasteiger partial charge in [0.2, 0.25) is 0 Å². The maximum atomic E-state index is 9.11. The molecule has 0 spiro atoms. The molecule has 0 N–H and O–H groups in total. The number of hydrogen-bond donors (Lipinski definition) is 0. The fourth-order valence-electron chi connectivity index (χ4n) is 2.11. The summed E-state index contributed by atoms with van der Waals surface area (Å²) in [6.07, 6.45) is 0. The van der Waals surface area contributed by atoms with Crippen LogP contribution in [0.3, 0.4) is 0 Å². The molecule has 84 valence electrons. The standard InChI is InChI=1S/C13H16N2O/c1-13(2)10-16-8-7-15(13)12-6-4-3-5-11(12)9-14/h3-6H,7-8,10H2,1-2H3. The Hall–Kier alpha value is -1.53. The Labute approximate surface area is 96.2 Å². The van der Waals surface area contributed by atoms with E-state index in [9.17, 15) is 0 Å². The van der Waals surface area contributed by atoms with Crippen molar-refractivity contribution in [1.82, 2.24) is 0 Å². The zero-order valence-electron chi connectivity index (χ0n) is 9.73. The molecule has 1 fully saturated rings. The first kappa shape index (κ1) is 11.0. The van der Waals surface area contributed by atoms with E-state index < -0.39 is 0 Å². The van der Waals surface area contributed by atoms with Gasteiger partial charge in [-0.05, 0) is 26.0 Å². The Balaban J connectivity index is 2.39. The highest BCUT2D eigenvalue weighted by Gasteiger charge is 2.31. The highest BCUT2D eigenvalue weighted by Crippen LogP contribution is 2.29. The number of hydrogen-bond acceptors (Lipinski definition) is 3. The van der Waals surface area contributed by atoms with Crippen LogP contribution in [0.1, 0.15) is 19.4 Å². The minimum atomic E-state index is -0.0504. The van der Waals surface area contributed by atoms with Gasteiger partial charge < -0.3 is 9.64 Å². The Kier molecular flexibility index (Phi) is 2.84. The average molecular weight is 216 g/mol. The van der Waals surface area contributed by atoms with Crippen LogP contribution in [0, 0.1) is 11.3 Å². The molecule has 3 nitrogen and oxygen atoms in total. The molecular weight excluding hydrogens is 200 g/mol. The molecule has 0 atom stereocenters. The van der Waals surface area contributed by atoms with Crippen LogP contribution < -0.4 is 4.90 Å². The summed E-state index contributed by atoms with van der Waals surface area (Å²) in [5.74, 6) is 0. The number of ether oxygens (including phenoxy) is 1. The fraction of sp³-hybridized carbons (Fsp3) is 0.462. The van der Waals surface area contributed by atoms with Crippen LogP contribution in [0.5, 0.6) is 0 Å². The number of nitriles is 1. The molecule has 1 aromatic carbocycles. The van der Waals surface area contributed by atoms with Gasteiger partial charge in [0.1, 0.15) is 6.07 Å². The molecule has 0 amide bonds. The van der Waals surface area contributed by atoms with Gasteiger partial charge in [0.15, 0.2) is 0 Å². The van der Waals surface area contributed by atoms with Gasteiger partial charge in [-0.1, -0.05) is 12.1 Å². The largest absolute Gasteiger partial charge is 0.377 e. The summed E-state index contributed by atoms with van der Waals surface area (Å²) < 4.78 is 5.49. The molecule has 2 rings (SSSR count). The van der Waals surface area contributed by atoms with Crippen LogP contribution in [-0.4, -0.2) is 25.3 Å². The third-order valence-corrected chi connectivity index (χ3v) is 2.96. The third-order valence-electron chi connectivity index (χ3n) is 2.96. The molecule has 1 aliphatic rings. The molecule has 1 aliphatic heterocycles. The van der Waals surface area contributed by atoms with Crippen molar-refractivity contribution in [2.24, 2.45) is 0 Å². The van der Waals surface area contributed by atoms with Crippen LogP contribution in [0.2, 0.25) is 0 Å². The van der Waals surface area contributed by atoms with Crippen molar-refractivity contribution < 1.29 is 4.74 Å². The second-order valence-electron chi connectivity index (χ2n) is 4.65. The molecule has 1 heterocycles. The van der Waals surface area contributed by atoms with Crippen LogP contribution in [0.4, 0.5) is 5.69 Å². The Morgan fingerprint density at radius 3 is 2.81 bits per heavy atom. The average Bonchev–Trinajstić information content (AvgIpc) is 2.28. The minimum absolute atomic E-state index is 0.0504. The van der Waals surface area contributed by atoms with E-state index in [0.717, 1.165) is 24.4 Å². The van der Waals surface area contributed by atoms with Crippen molar-refractivity contribution in [3.63, 3.8) is 0 Å². The summed E-state index contributed by atoms with van der Waals surface area (Å²) in [6, 6.07) is 9.99. The van der Waals surface area contributed by atoms with Crippen molar-refractivity contribution in [3.8, 4) is 6.07 Å². The van der Waals surface area contributed by atoms with E-state index in [2.05, 4.69) is 24.8 Å². The van der Waals surface area contributed by atoms with Crippen LogP contribution in [0.15, 0.2) is 24.3 Å². The first-order valence-electron chi connectivity index (χ1n) is 5.50. The van der Waals surface area contributed by atoms with Crippen molar-refractivity contribution in [2.45, 2.75) is 19.4 Å². The van der Waals surface area contributed by atoms with Gasteiger partial charge in [-0.25, -0.2) is 0 Å². The quantitative estimate of drug-likeness (QED) is 0.722. The summed E-state index contributed by atoms with van der Waals surface area (Å²) in [5.41, 5.74) is 1.70. The number of anilines is 1. The highest BCUT2D eigenvalue weighted by atomic mass is 16.5. The molecule has 0 saturated carbocycles. The van der Waals surface area contributed by atoms with Gasteiger partial charge in [-0.2, -0.15) is 5.26 Å². The van der Waals surface area contributed by atoms with E-state index in [1.165, 1.54) is 0 Å². The molecule has 1 aromatic rings. The Morgan fingerprint density at radius 2 is 2.12 bits per heavy atom. The summed E-state index contributed by atoms with van der Waals surface area (Å²) >= 11 is 0. The molecule has 16 heavy (non-hydrogen) atoms. The van der Waals surface area contributed by atoms with Crippen molar-refractivity contribution >= 4 is 5.69 Å². The van der Waals surface area contributed by atoms with E-state index in [1.54, 1.807) is 0 Å². The van der Waals surface area contributed by atoms with E-state index >= 15 is 0 Å². The van der Waals surface area contributed by atoms with Gasteiger partial charge in [0.05, 0.1) is 30.0 Å². The first-order valence-corrected chi connectivity index (χ1v) is 5.50. The maximum Gasteiger partial charge on any atom is 0.101 e. The smallest absolute Gasteiger partial charge is 0.101 e. The van der Waals surface area contributed by atoms with E-state index in [4.69, 9.17) is 10.00 Å². The molecule has 0 unspecified atom stereocenters. The summed E-state index contributed by atoms with van der Waals surface area (Å²) in [5, 5.41) is 9.11. The molecular formula is C13H16N2O. The zero-order chi connectivity index (χ0) is 11.6. The van der Waals surface area contributed by atoms with Gasteiger partial charge in [0.25, 0.3) is 0 Å². The summed E-state index contributed by atoms with van der Waals surface area (Å²) in [7, 11) is 0. The third kappa shape index (κ3) is 1.89. The lowest BCUT2D eigenvalue weighted by Gasteiger charge is -2.44. The van der Waals surface area contributed by atoms with Crippen LogP contribution >= 0.6 is 0 Å². The number of rotatable bonds is 1. The van der Waals surface area contributed by atoms with Gasteiger partial charge in [-0.15, -0.1) is 0 Å². The lowest BCUT2D eigenvalue weighted by molar-refractivity contribution is 0.0644. The lowest BCUT2D eigenvalue weighted by atomic mass is 10.00. The van der Waals surface area contributed by atoms with Crippen LogP contribution in [0.25, 0.3) is 0 Å². The molecule has 0 radical (unpaired) electrons. The number of nitrogens with zero attached hydrogens (tertiary/aromatic N) is 2. The topological polar surface area (TPSA) is 36.3 Å². The van der Waals surface area contributed by atoms with Crippen molar-refractivity contribution in [2.75, 3.05) is 24.7 Å². The molecule has 0 aromatic heterocycles. The zero-order valence-corrected chi connectivity index (χ0v) is 9.73. The predicted molar refractivity (Wildman–Crippen MR) is 63.4 cm³/mol. The van der Waals surface area contributed by atoms with Crippen LogP contribution in [-0.2, 0) is 4.74 Å². The SMILES string of the molecule is CC1(C)COCCN1c1ccccc1C#N. The van der Waals surface area contributed by atoms with E-state index in [-0.39, 0.29) is 5.54 Å². The molecule has 3 heteroatoms. The number of para-hydroxylation sites is 1. The fourth-order valence-corrected chi connectivity index (χ4v) is 2.11. The van der Waals surface area contributed by atoms with E-state index in [1.807, 2.05) is 24.3 Å². The highest BCUT2D eigenvalue weighted by molar-refractivity contribution is 5.60. The second-order valence-corrected chi connectivity index (χ2v) is 4.65. The van der Waals surface area contributed by atoms with Crippen molar-refractivity contribution in [1.29, 1.82) is 5.26 Å². The van der Waals surface area contributed by atoms with Gasteiger partial charge in [0, 0.05) is 6.54 Å². The van der Waals surface area contributed by atoms with Gasteiger partial charge in [-0.3, -0.25) is 0 Å². The Bertz CT molecular complexity index is 420. The summed E-state index contributed by atoms with van der Waals surface area (Å²) in [6.45, 7) is 6.54. The van der Waals surface area contributed by atoms with E-state index in [0.29, 0.717) is 6.61 Å². The minimum Gasteiger partial charge on any atom is -0.377 e. The van der Waals surface area contributed by atoms with Crippen molar-refractivity contribution in [3.05, 3.63) is 29.8 Å². The predicted octanol–water partition coefficient (Wildman–Crippen LogP) is 2.17.